The second-order valence-corrected chi connectivity index (χ2v) is 7.01. The maximum atomic E-state index is 5.49. The molecule has 1 N–H and O–H groups in total. The second kappa shape index (κ2) is 6.55. The number of nitrogens with zero attached hydrogens (tertiary/aromatic N) is 1. The first-order valence-corrected chi connectivity index (χ1v) is 8.08. The Morgan fingerprint density at radius 1 is 1.21 bits per heavy atom. The highest BCUT2D eigenvalue weighted by Crippen LogP contribution is 2.33. The smallest absolute Gasteiger partial charge is 0.0670 e. The summed E-state index contributed by atoms with van der Waals surface area (Å²) in [5.41, 5.74) is 0.400. The van der Waals surface area contributed by atoms with Gasteiger partial charge in [0.05, 0.1) is 6.10 Å². The third-order valence-corrected chi connectivity index (χ3v) is 5.14. The van der Waals surface area contributed by atoms with Gasteiger partial charge in [0.25, 0.3) is 0 Å². The Morgan fingerprint density at radius 3 is 2.47 bits per heavy atom. The molecule has 2 fully saturated rings. The lowest BCUT2D eigenvalue weighted by atomic mass is 9.78. The number of hydrogen-bond donors (Lipinski definition) is 1. The highest BCUT2D eigenvalue weighted by Gasteiger charge is 2.40. The number of rotatable bonds is 4. The van der Waals surface area contributed by atoms with Gasteiger partial charge in [-0.3, -0.25) is 4.90 Å². The number of methoxy groups -OCH3 is 1. The molecule has 0 radical (unpaired) electrons. The molecule has 0 amide bonds. The Hall–Kier alpha value is -0.120. The molecule has 0 aromatic rings. The van der Waals surface area contributed by atoms with Gasteiger partial charge in [0, 0.05) is 38.3 Å². The van der Waals surface area contributed by atoms with E-state index in [1.54, 1.807) is 0 Å². The highest BCUT2D eigenvalue weighted by molar-refractivity contribution is 5.00. The predicted octanol–water partition coefficient (Wildman–Crippen LogP) is 2.65. The van der Waals surface area contributed by atoms with E-state index in [0.717, 1.165) is 13.1 Å². The van der Waals surface area contributed by atoms with Crippen molar-refractivity contribution in [2.24, 2.45) is 5.92 Å². The molecule has 3 heteroatoms. The van der Waals surface area contributed by atoms with Gasteiger partial charge in [0.2, 0.25) is 0 Å². The minimum atomic E-state index is 0.333. The van der Waals surface area contributed by atoms with Crippen LogP contribution in [0.3, 0.4) is 0 Å². The van der Waals surface area contributed by atoms with E-state index in [0.29, 0.717) is 23.6 Å². The maximum absolute atomic E-state index is 5.49. The molecule has 3 nitrogen and oxygen atoms in total. The summed E-state index contributed by atoms with van der Waals surface area (Å²) >= 11 is 0. The van der Waals surface area contributed by atoms with Gasteiger partial charge in [0.15, 0.2) is 0 Å². The molecule has 1 aliphatic carbocycles. The fourth-order valence-corrected chi connectivity index (χ4v) is 3.84. The van der Waals surface area contributed by atoms with Crippen molar-refractivity contribution >= 4 is 0 Å². The zero-order valence-corrected chi connectivity index (χ0v) is 13.2. The lowest BCUT2D eigenvalue weighted by Crippen LogP contribution is -2.66. The molecule has 1 aliphatic heterocycles. The van der Waals surface area contributed by atoms with Crippen molar-refractivity contribution in [3.8, 4) is 0 Å². The van der Waals surface area contributed by atoms with Crippen LogP contribution in [0.5, 0.6) is 0 Å². The number of ether oxygens (including phenoxy) is 1. The average molecular weight is 268 g/mol. The van der Waals surface area contributed by atoms with Crippen molar-refractivity contribution < 1.29 is 4.74 Å². The molecule has 2 aliphatic rings. The van der Waals surface area contributed by atoms with Gasteiger partial charge in [-0.15, -0.1) is 0 Å². The summed E-state index contributed by atoms with van der Waals surface area (Å²) in [6.07, 6.45) is 7.26. The van der Waals surface area contributed by atoms with Crippen molar-refractivity contribution in [1.82, 2.24) is 10.2 Å². The molecule has 0 aromatic carbocycles. The van der Waals surface area contributed by atoms with E-state index in [1.165, 1.54) is 38.6 Å². The minimum absolute atomic E-state index is 0.333. The molecular weight excluding hydrogens is 236 g/mol. The predicted molar refractivity (Wildman–Crippen MR) is 80.5 cm³/mol. The summed E-state index contributed by atoms with van der Waals surface area (Å²) in [7, 11) is 1.83. The zero-order valence-electron chi connectivity index (χ0n) is 13.2. The van der Waals surface area contributed by atoms with Crippen molar-refractivity contribution in [2.45, 2.75) is 70.6 Å². The van der Waals surface area contributed by atoms with Crippen molar-refractivity contribution in [3.63, 3.8) is 0 Å². The third kappa shape index (κ3) is 3.71. The van der Waals surface area contributed by atoms with E-state index in [1.807, 2.05) is 7.11 Å². The van der Waals surface area contributed by atoms with E-state index in [4.69, 9.17) is 4.74 Å². The standard InChI is InChI=1S/C16H32N2O/c1-13(2)15-10-17-16(8-6-5-7-9-16)12-18(15)11-14(3)19-4/h13-15,17H,5-12H2,1-4H3. The Kier molecular flexibility index (Phi) is 5.27. The van der Waals surface area contributed by atoms with Crippen LogP contribution in [0.15, 0.2) is 0 Å². The van der Waals surface area contributed by atoms with Gasteiger partial charge in [-0.05, 0) is 25.7 Å². The van der Waals surface area contributed by atoms with Gasteiger partial charge in [0.1, 0.15) is 0 Å². The summed E-state index contributed by atoms with van der Waals surface area (Å²) < 4.78 is 5.49. The lowest BCUT2D eigenvalue weighted by molar-refractivity contribution is -0.00273. The Morgan fingerprint density at radius 2 is 1.89 bits per heavy atom. The summed E-state index contributed by atoms with van der Waals surface area (Å²) in [5.74, 6) is 0.706. The van der Waals surface area contributed by atoms with Crippen LogP contribution in [-0.4, -0.2) is 49.3 Å². The average Bonchev–Trinajstić information content (AvgIpc) is 2.39. The second-order valence-electron chi connectivity index (χ2n) is 7.01. The lowest BCUT2D eigenvalue weighted by Gasteiger charge is -2.51. The highest BCUT2D eigenvalue weighted by atomic mass is 16.5. The molecule has 112 valence electrons. The SMILES string of the molecule is COC(C)CN1CC2(CCCCC2)NCC1C(C)C. The van der Waals surface area contributed by atoms with E-state index < -0.39 is 0 Å². The molecule has 19 heavy (non-hydrogen) atoms. The van der Waals surface area contributed by atoms with Crippen LogP contribution in [0, 0.1) is 5.92 Å². The zero-order chi connectivity index (χ0) is 13.9. The fraction of sp³-hybridized carbons (Fsp3) is 1.00. The van der Waals surface area contributed by atoms with Crippen LogP contribution in [-0.2, 0) is 4.74 Å². The van der Waals surface area contributed by atoms with Crippen molar-refractivity contribution in [3.05, 3.63) is 0 Å². The monoisotopic (exact) mass is 268 g/mol. The van der Waals surface area contributed by atoms with Crippen LogP contribution < -0.4 is 5.32 Å². The first-order valence-electron chi connectivity index (χ1n) is 8.08. The molecule has 1 heterocycles. The van der Waals surface area contributed by atoms with Gasteiger partial charge in [-0.25, -0.2) is 0 Å². The topological polar surface area (TPSA) is 24.5 Å². The summed E-state index contributed by atoms with van der Waals surface area (Å²) in [6, 6.07) is 0.658. The van der Waals surface area contributed by atoms with Crippen LogP contribution in [0.2, 0.25) is 0 Å². The largest absolute Gasteiger partial charge is 0.380 e. The Labute approximate surface area is 119 Å². The summed E-state index contributed by atoms with van der Waals surface area (Å²) in [6.45, 7) is 10.3. The van der Waals surface area contributed by atoms with Gasteiger partial charge in [-0.1, -0.05) is 33.1 Å². The molecule has 1 saturated heterocycles. The number of nitrogens with one attached hydrogen (secondary N) is 1. The molecule has 2 rings (SSSR count). The summed E-state index contributed by atoms with van der Waals surface area (Å²) in [5, 5.41) is 3.90. The molecule has 1 saturated carbocycles. The number of hydrogen-bond acceptors (Lipinski definition) is 3. The van der Waals surface area contributed by atoms with Crippen LogP contribution in [0.25, 0.3) is 0 Å². The van der Waals surface area contributed by atoms with E-state index in [2.05, 4.69) is 31.0 Å². The van der Waals surface area contributed by atoms with Crippen LogP contribution in [0.4, 0.5) is 0 Å². The molecule has 2 unspecified atom stereocenters. The molecule has 2 atom stereocenters. The maximum Gasteiger partial charge on any atom is 0.0670 e. The Bertz CT molecular complexity index is 274. The fourth-order valence-electron chi connectivity index (χ4n) is 3.84. The van der Waals surface area contributed by atoms with E-state index in [9.17, 15) is 0 Å². The van der Waals surface area contributed by atoms with Crippen LogP contribution in [0.1, 0.15) is 52.9 Å². The quantitative estimate of drug-likeness (QED) is 0.848. The van der Waals surface area contributed by atoms with E-state index in [-0.39, 0.29) is 0 Å². The first kappa shape index (κ1) is 15.3. The normalized spacial score (nSPS) is 29.8. The molecule has 1 spiro atoms. The first-order chi connectivity index (χ1) is 9.06. The van der Waals surface area contributed by atoms with Crippen molar-refractivity contribution in [1.29, 1.82) is 0 Å². The third-order valence-electron chi connectivity index (χ3n) is 5.14. The molecule has 0 bridgehead atoms. The van der Waals surface area contributed by atoms with Gasteiger partial charge < -0.3 is 10.1 Å². The van der Waals surface area contributed by atoms with Gasteiger partial charge >= 0.3 is 0 Å². The van der Waals surface area contributed by atoms with Gasteiger partial charge in [-0.2, -0.15) is 0 Å². The van der Waals surface area contributed by atoms with Crippen molar-refractivity contribution in [2.75, 3.05) is 26.7 Å². The Balaban J connectivity index is 2.03. The number of piperazine rings is 1. The minimum Gasteiger partial charge on any atom is -0.380 e. The molecular formula is C16H32N2O. The van der Waals surface area contributed by atoms with Crippen LogP contribution >= 0.6 is 0 Å². The molecule has 0 aromatic heterocycles. The summed E-state index contributed by atoms with van der Waals surface area (Å²) in [4.78, 5) is 2.70. The van der Waals surface area contributed by atoms with E-state index >= 15 is 0 Å².